The molecule has 1 saturated carbocycles. The Labute approximate surface area is 64.8 Å². The molecule has 64 valence electrons. The number of carbonyl (C=O) groups excluding carboxylic acids is 1. The normalized spacial score (nSPS) is 31.2. The molecule has 0 radical (unpaired) electrons. The van der Waals surface area contributed by atoms with E-state index in [9.17, 15) is 4.79 Å². The monoisotopic (exact) mass is 160 g/mol. The Kier molecular flexibility index (Phi) is 2.46. The number of aliphatic hydroxyl groups is 2. The van der Waals surface area contributed by atoms with Crippen LogP contribution in [-0.2, 0) is 9.53 Å². The summed E-state index contributed by atoms with van der Waals surface area (Å²) in [6.45, 7) is -0.280. The number of methoxy groups -OCH3 is 1. The maximum Gasteiger partial charge on any atom is 0.309 e. The second-order valence-corrected chi connectivity index (χ2v) is 2.78. The predicted octanol–water partition coefficient (Wildman–Crippen LogP) is -0.851. The van der Waals surface area contributed by atoms with Crippen molar-refractivity contribution in [1.29, 1.82) is 0 Å². The number of hydrogen-bond acceptors (Lipinski definition) is 4. The summed E-state index contributed by atoms with van der Waals surface area (Å²) >= 11 is 0. The van der Waals surface area contributed by atoms with Crippen LogP contribution in [-0.4, -0.2) is 36.0 Å². The van der Waals surface area contributed by atoms with Gasteiger partial charge >= 0.3 is 5.97 Å². The maximum absolute atomic E-state index is 10.8. The van der Waals surface area contributed by atoms with Crippen molar-refractivity contribution in [2.24, 2.45) is 11.8 Å². The van der Waals surface area contributed by atoms with Crippen molar-refractivity contribution < 1.29 is 19.7 Å². The number of rotatable bonds is 3. The Morgan fingerprint density at radius 2 is 2.45 bits per heavy atom. The van der Waals surface area contributed by atoms with Crippen LogP contribution in [0.3, 0.4) is 0 Å². The van der Waals surface area contributed by atoms with E-state index in [1.54, 1.807) is 0 Å². The first-order chi connectivity index (χ1) is 5.20. The van der Waals surface area contributed by atoms with Gasteiger partial charge in [0.15, 0.2) is 0 Å². The molecule has 4 nitrogen and oxygen atoms in total. The fourth-order valence-electron chi connectivity index (χ4n) is 1.20. The van der Waals surface area contributed by atoms with Crippen LogP contribution >= 0.6 is 0 Å². The minimum Gasteiger partial charge on any atom is -0.469 e. The van der Waals surface area contributed by atoms with Gasteiger partial charge in [-0.25, -0.2) is 0 Å². The zero-order valence-corrected chi connectivity index (χ0v) is 6.36. The van der Waals surface area contributed by atoms with E-state index in [0.29, 0.717) is 6.42 Å². The lowest BCUT2D eigenvalue weighted by molar-refractivity contribution is -0.143. The molecule has 11 heavy (non-hydrogen) atoms. The van der Waals surface area contributed by atoms with Crippen molar-refractivity contribution >= 4 is 5.97 Å². The van der Waals surface area contributed by atoms with Crippen molar-refractivity contribution in [3.8, 4) is 0 Å². The third-order valence-corrected chi connectivity index (χ3v) is 2.03. The molecule has 0 unspecified atom stereocenters. The zero-order chi connectivity index (χ0) is 8.43. The summed E-state index contributed by atoms with van der Waals surface area (Å²) in [5, 5.41) is 17.6. The molecule has 1 aliphatic rings. The van der Waals surface area contributed by atoms with Gasteiger partial charge in [-0.15, -0.1) is 0 Å². The third kappa shape index (κ3) is 1.70. The Morgan fingerprint density at radius 3 is 2.91 bits per heavy atom. The van der Waals surface area contributed by atoms with Crippen LogP contribution < -0.4 is 0 Å². The number of hydrogen-bond donors (Lipinski definition) is 2. The average molecular weight is 160 g/mol. The standard InChI is InChI=1S/C7H12O4/c1-11-7(10)5-2-4(5)6(9)3-8/h4-6,8-9H,2-3H2,1H3/t4-,5+,6-/m1/s1. The van der Waals surface area contributed by atoms with Crippen LogP contribution in [0.25, 0.3) is 0 Å². The van der Waals surface area contributed by atoms with Gasteiger partial charge in [-0.05, 0) is 6.42 Å². The first-order valence-electron chi connectivity index (χ1n) is 3.57. The highest BCUT2D eigenvalue weighted by Crippen LogP contribution is 2.41. The predicted molar refractivity (Wildman–Crippen MR) is 36.7 cm³/mol. The molecule has 0 spiro atoms. The van der Waals surface area contributed by atoms with Crippen molar-refractivity contribution in [2.75, 3.05) is 13.7 Å². The second-order valence-electron chi connectivity index (χ2n) is 2.78. The molecule has 0 aromatic rings. The van der Waals surface area contributed by atoms with Crippen LogP contribution in [0, 0.1) is 11.8 Å². The van der Waals surface area contributed by atoms with Crippen molar-refractivity contribution in [2.45, 2.75) is 12.5 Å². The van der Waals surface area contributed by atoms with Gasteiger partial charge in [-0.1, -0.05) is 0 Å². The van der Waals surface area contributed by atoms with Crippen LogP contribution in [0.2, 0.25) is 0 Å². The van der Waals surface area contributed by atoms with E-state index < -0.39 is 6.10 Å². The topological polar surface area (TPSA) is 66.8 Å². The van der Waals surface area contributed by atoms with E-state index >= 15 is 0 Å². The van der Waals surface area contributed by atoms with E-state index in [1.807, 2.05) is 0 Å². The van der Waals surface area contributed by atoms with E-state index in [0.717, 1.165) is 0 Å². The minimum atomic E-state index is -0.765. The summed E-state index contributed by atoms with van der Waals surface area (Å²) in [4.78, 5) is 10.8. The van der Waals surface area contributed by atoms with Crippen molar-refractivity contribution in [1.82, 2.24) is 0 Å². The first-order valence-corrected chi connectivity index (χ1v) is 3.57. The molecule has 0 aromatic carbocycles. The number of aliphatic hydroxyl groups excluding tert-OH is 2. The lowest BCUT2D eigenvalue weighted by Crippen LogP contribution is -2.18. The number of esters is 1. The molecule has 2 N–H and O–H groups in total. The molecule has 1 rings (SSSR count). The van der Waals surface area contributed by atoms with E-state index in [2.05, 4.69) is 4.74 Å². The van der Waals surface area contributed by atoms with Gasteiger partial charge in [0.2, 0.25) is 0 Å². The molecular weight excluding hydrogens is 148 g/mol. The van der Waals surface area contributed by atoms with Crippen LogP contribution in [0.1, 0.15) is 6.42 Å². The highest BCUT2D eigenvalue weighted by atomic mass is 16.5. The molecule has 1 fully saturated rings. The summed E-state index contributed by atoms with van der Waals surface area (Å²) in [6, 6.07) is 0. The molecule has 0 aliphatic heterocycles. The molecular formula is C7H12O4. The number of carbonyl (C=O) groups is 1. The molecule has 4 heteroatoms. The van der Waals surface area contributed by atoms with Crippen LogP contribution in [0.5, 0.6) is 0 Å². The second kappa shape index (κ2) is 3.19. The Hall–Kier alpha value is -0.610. The van der Waals surface area contributed by atoms with Gasteiger partial charge in [-0.3, -0.25) is 4.79 Å². The first kappa shape index (κ1) is 8.49. The Morgan fingerprint density at radius 1 is 1.82 bits per heavy atom. The van der Waals surface area contributed by atoms with Crippen LogP contribution in [0.15, 0.2) is 0 Å². The van der Waals surface area contributed by atoms with Gasteiger partial charge in [0.05, 0.1) is 25.7 Å². The van der Waals surface area contributed by atoms with E-state index in [-0.39, 0.29) is 24.4 Å². The lowest BCUT2D eigenvalue weighted by atomic mass is 10.2. The van der Waals surface area contributed by atoms with Gasteiger partial charge in [-0.2, -0.15) is 0 Å². The molecule has 0 bridgehead atoms. The summed E-state index contributed by atoms with van der Waals surface area (Å²) in [5.41, 5.74) is 0. The van der Waals surface area contributed by atoms with E-state index in [4.69, 9.17) is 10.2 Å². The zero-order valence-electron chi connectivity index (χ0n) is 6.36. The fourth-order valence-corrected chi connectivity index (χ4v) is 1.20. The Bertz CT molecular complexity index is 157. The summed E-state index contributed by atoms with van der Waals surface area (Å²) in [7, 11) is 1.32. The third-order valence-electron chi connectivity index (χ3n) is 2.03. The summed E-state index contributed by atoms with van der Waals surface area (Å²) in [5.74, 6) is -0.572. The molecule has 0 heterocycles. The van der Waals surface area contributed by atoms with E-state index in [1.165, 1.54) is 7.11 Å². The highest BCUT2D eigenvalue weighted by Gasteiger charge is 2.47. The number of ether oxygens (including phenoxy) is 1. The fraction of sp³-hybridized carbons (Fsp3) is 0.857. The van der Waals surface area contributed by atoms with Gasteiger partial charge in [0, 0.05) is 5.92 Å². The maximum atomic E-state index is 10.8. The quantitative estimate of drug-likeness (QED) is 0.528. The molecule has 0 aromatic heterocycles. The largest absolute Gasteiger partial charge is 0.469 e. The SMILES string of the molecule is COC(=O)[C@H]1C[C@H]1[C@H](O)CO. The smallest absolute Gasteiger partial charge is 0.309 e. The van der Waals surface area contributed by atoms with Gasteiger partial charge < -0.3 is 14.9 Å². The molecule has 1 aliphatic carbocycles. The summed E-state index contributed by atoms with van der Waals surface area (Å²) < 4.78 is 4.47. The van der Waals surface area contributed by atoms with Crippen molar-refractivity contribution in [3.63, 3.8) is 0 Å². The van der Waals surface area contributed by atoms with Gasteiger partial charge in [0.25, 0.3) is 0 Å². The van der Waals surface area contributed by atoms with Gasteiger partial charge in [0.1, 0.15) is 0 Å². The molecule has 0 saturated heterocycles. The highest BCUT2D eigenvalue weighted by molar-refractivity contribution is 5.75. The summed E-state index contributed by atoms with van der Waals surface area (Å²) in [6.07, 6.45) is -0.131. The van der Waals surface area contributed by atoms with Crippen molar-refractivity contribution in [3.05, 3.63) is 0 Å². The molecule has 0 amide bonds. The average Bonchev–Trinajstić information content (AvgIpc) is 2.80. The Balaban J connectivity index is 2.31. The molecule has 3 atom stereocenters. The minimum absolute atomic E-state index is 0.0903. The lowest BCUT2D eigenvalue weighted by Gasteiger charge is -2.03. The van der Waals surface area contributed by atoms with Crippen LogP contribution in [0.4, 0.5) is 0 Å².